The second-order valence-electron chi connectivity index (χ2n) is 16.4. The summed E-state index contributed by atoms with van der Waals surface area (Å²) < 4.78 is 50.2. The van der Waals surface area contributed by atoms with Crippen molar-refractivity contribution in [3.05, 3.63) is 65.2 Å². The maximum Gasteiger partial charge on any atom is 0.434 e. The van der Waals surface area contributed by atoms with Crippen molar-refractivity contribution in [3.8, 4) is 0 Å². The van der Waals surface area contributed by atoms with Gasteiger partial charge in [0, 0.05) is 62.5 Å². The molecule has 53 heavy (non-hydrogen) atoms. The normalized spacial score (nSPS) is 29.0. The van der Waals surface area contributed by atoms with Crippen LogP contribution in [0.1, 0.15) is 85.0 Å². The zero-order valence-electron chi connectivity index (χ0n) is 29.5. The van der Waals surface area contributed by atoms with Gasteiger partial charge in [0.15, 0.2) is 5.69 Å². The Balaban J connectivity index is 0.989. The molecule has 4 bridgehead atoms. The van der Waals surface area contributed by atoms with Gasteiger partial charge in [0.25, 0.3) is 5.91 Å². The molecule has 280 valence electrons. The Labute approximate surface area is 305 Å². The van der Waals surface area contributed by atoms with Crippen LogP contribution in [0, 0.1) is 29.6 Å². The molecule has 7 aliphatic rings. The maximum absolute atomic E-state index is 14.8. The zero-order valence-corrected chi connectivity index (χ0v) is 29.5. The molecule has 6 fully saturated rings. The van der Waals surface area contributed by atoms with Crippen molar-refractivity contribution in [1.82, 2.24) is 25.3 Å². The number of carboxylic acids is 1. The summed E-state index contributed by atoms with van der Waals surface area (Å²) in [5.41, 5.74) is -1.04. The average molecular weight is 732 g/mol. The van der Waals surface area contributed by atoms with E-state index in [0.717, 1.165) is 62.2 Å². The molecule has 0 radical (unpaired) electrons. The van der Waals surface area contributed by atoms with Gasteiger partial charge in [0.2, 0.25) is 11.9 Å². The van der Waals surface area contributed by atoms with Crippen molar-refractivity contribution in [2.75, 3.05) is 42.6 Å². The molecule has 2 saturated heterocycles. The summed E-state index contributed by atoms with van der Waals surface area (Å²) in [7, 11) is 0. The van der Waals surface area contributed by atoms with E-state index in [1.54, 1.807) is 17.3 Å². The number of halogens is 3. The number of ether oxygens (including phenoxy) is 1. The quantitative estimate of drug-likeness (QED) is 0.300. The van der Waals surface area contributed by atoms with Crippen LogP contribution < -0.4 is 15.1 Å². The van der Waals surface area contributed by atoms with Gasteiger partial charge in [0.05, 0.1) is 5.56 Å². The van der Waals surface area contributed by atoms with Crippen molar-refractivity contribution in [1.29, 1.82) is 0 Å². The molecule has 14 heteroatoms. The minimum absolute atomic E-state index is 0.135. The van der Waals surface area contributed by atoms with E-state index >= 15 is 0 Å². The Morgan fingerprint density at radius 3 is 2.26 bits per heavy atom. The number of amides is 1. The van der Waals surface area contributed by atoms with Crippen molar-refractivity contribution >= 4 is 29.5 Å². The minimum Gasteiger partial charge on any atom is -0.479 e. The minimum atomic E-state index is -4.98. The lowest BCUT2D eigenvalue weighted by atomic mass is 9.48. The van der Waals surface area contributed by atoms with Crippen LogP contribution in [0.3, 0.4) is 0 Å². The molecule has 0 atom stereocenters. The van der Waals surface area contributed by atoms with Gasteiger partial charge in [0.1, 0.15) is 5.54 Å². The van der Waals surface area contributed by atoms with Gasteiger partial charge in [-0.2, -0.15) is 13.2 Å². The Morgan fingerprint density at radius 1 is 0.943 bits per heavy atom. The molecule has 1 aromatic carbocycles. The molecule has 2 aromatic heterocycles. The van der Waals surface area contributed by atoms with Crippen molar-refractivity contribution in [2.24, 2.45) is 29.6 Å². The standard InChI is InChI=1S/C39H44F3N7O4/c40-39(41,42)32-29(33(50)47-38(34(51)52)27-16-25-15-26(18-27)19-28(38)17-25)21-45-36(46-32)49-22-37(6-12-53-13-7-37)30-20-24(2-3-31(30)49)14-23-4-10-48(11-5-23)35-43-8-1-9-44-35/h1-3,8-9,20-21,23,25-28H,4-7,10-19,22H2,(H,47,50)(H,51,52). The Morgan fingerprint density at radius 2 is 1.62 bits per heavy atom. The van der Waals surface area contributed by atoms with Crippen molar-refractivity contribution in [3.63, 3.8) is 0 Å². The SMILES string of the molecule is O=C(NC1(C(=O)O)C2CC3CC(C2)CC1C3)c1cnc(N2CC3(CCOCC3)c3cc(CC4CCN(c5ncccn5)CC4)ccc32)nc1C(F)(F)F. The van der Waals surface area contributed by atoms with Crippen LogP contribution in [0.2, 0.25) is 0 Å². The number of carbonyl (C=O) groups excluding carboxylic acids is 1. The van der Waals surface area contributed by atoms with Crippen LogP contribution in [0.15, 0.2) is 42.9 Å². The third-order valence-corrected chi connectivity index (χ3v) is 13.4. The molecule has 1 amide bonds. The van der Waals surface area contributed by atoms with E-state index in [4.69, 9.17) is 4.74 Å². The summed E-state index contributed by atoms with van der Waals surface area (Å²) in [5, 5.41) is 13.1. The van der Waals surface area contributed by atoms with Crippen molar-refractivity contribution < 1.29 is 32.6 Å². The number of carboxylic acid groups (broad SMARTS) is 1. The number of carbonyl (C=O) groups is 2. The fraction of sp³-hybridized carbons (Fsp3) is 0.590. The summed E-state index contributed by atoms with van der Waals surface area (Å²) in [6, 6.07) is 8.06. The number of rotatable bonds is 7. The Kier molecular flexibility index (Phi) is 8.39. The number of hydrogen-bond donors (Lipinski definition) is 2. The topological polar surface area (TPSA) is 134 Å². The van der Waals surface area contributed by atoms with Crippen LogP contribution in [-0.2, 0) is 27.5 Å². The van der Waals surface area contributed by atoms with Crippen LogP contribution >= 0.6 is 0 Å². The van der Waals surface area contributed by atoms with E-state index in [2.05, 4.69) is 42.3 Å². The molecule has 0 unspecified atom stereocenters. The summed E-state index contributed by atoms with van der Waals surface area (Å²) in [5.74, 6) is -0.982. The monoisotopic (exact) mass is 731 g/mol. The van der Waals surface area contributed by atoms with Gasteiger partial charge in [-0.15, -0.1) is 0 Å². The van der Waals surface area contributed by atoms with Gasteiger partial charge in [-0.05, 0) is 117 Å². The van der Waals surface area contributed by atoms with Crippen LogP contribution in [0.4, 0.5) is 30.8 Å². The van der Waals surface area contributed by atoms with Gasteiger partial charge in [-0.3, -0.25) is 4.79 Å². The van der Waals surface area contributed by atoms with E-state index in [-0.39, 0.29) is 23.2 Å². The molecular weight excluding hydrogens is 687 g/mol. The summed E-state index contributed by atoms with van der Waals surface area (Å²) in [6.07, 6.45) is 7.49. The summed E-state index contributed by atoms with van der Waals surface area (Å²) >= 11 is 0. The second kappa shape index (κ2) is 12.9. The maximum atomic E-state index is 14.8. The number of nitrogens with zero attached hydrogens (tertiary/aromatic N) is 6. The van der Waals surface area contributed by atoms with E-state index in [0.29, 0.717) is 76.0 Å². The number of piperidine rings is 1. The van der Waals surface area contributed by atoms with Crippen LogP contribution in [-0.4, -0.2) is 75.3 Å². The fourth-order valence-corrected chi connectivity index (χ4v) is 11.0. The molecule has 5 heterocycles. The summed E-state index contributed by atoms with van der Waals surface area (Å²) in [6.45, 7) is 3.23. The number of anilines is 3. The van der Waals surface area contributed by atoms with Gasteiger partial charge < -0.3 is 25.0 Å². The smallest absolute Gasteiger partial charge is 0.434 e. The third kappa shape index (κ3) is 5.91. The molecule has 11 nitrogen and oxygen atoms in total. The third-order valence-electron chi connectivity index (χ3n) is 13.4. The molecular formula is C39H44F3N7O4. The second-order valence-corrected chi connectivity index (χ2v) is 16.4. The first kappa shape index (κ1) is 34.4. The molecule has 4 saturated carbocycles. The van der Waals surface area contributed by atoms with E-state index in [1.165, 1.54) is 5.56 Å². The predicted octanol–water partition coefficient (Wildman–Crippen LogP) is 5.95. The lowest BCUT2D eigenvalue weighted by molar-refractivity contribution is -0.163. The number of aliphatic carboxylic acids is 1. The molecule has 3 aromatic rings. The van der Waals surface area contributed by atoms with Gasteiger partial charge in [-0.25, -0.2) is 24.7 Å². The number of benzene rings is 1. The van der Waals surface area contributed by atoms with E-state index in [9.17, 15) is 27.9 Å². The number of alkyl halides is 3. The van der Waals surface area contributed by atoms with Crippen LogP contribution in [0.25, 0.3) is 0 Å². The highest BCUT2D eigenvalue weighted by Gasteiger charge is 2.62. The number of hydrogen-bond acceptors (Lipinski definition) is 9. The highest BCUT2D eigenvalue weighted by atomic mass is 19.4. The van der Waals surface area contributed by atoms with E-state index < -0.39 is 34.8 Å². The highest BCUT2D eigenvalue weighted by Crippen LogP contribution is 2.58. The van der Waals surface area contributed by atoms with E-state index in [1.807, 2.05) is 12.1 Å². The number of fused-ring (bicyclic) bond motifs is 2. The number of aromatic nitrogens is 4. The van der Waals surface area contributed by atoms with Gasteiger partial charge >= 0.3 is 12.1 Å². The predicted molar refractivity (Wildman–Crippen MR) is 188 cm³/mol. The molecule has 3 aliphatic heterocycles. The first-order chi connectivity index (χ1) is 25.5. The first-order valence-corrected chi connectivity index (χ1v) is 19.0. The molecule has 2 N–H and O–H groups in total. The lowest BCUT2D eigenvalue weighted by Crippen LogP contribution is -2.70. The highest BCUT2D eigenvalue weighted by molar-refractivity contribution is 5.99. The summed E-state index contributed by atoms with van der Waals surface area (Å²) in [4.78, 5) is 47.9. The van der Waals surface area contributed by atoms with Crippen LogP contribution in [0.5, 0.6) is 0 Å². The zero-order chi connectivity index (χ0) is 36.5. The van der Waals surface area contributed by atoms with Gasteiger partial charge in [-0.1, -0.05) is 12.1 Å². The first-order valence-electron chi connectivity index (χ1n) is 19.0. The van der Waals surface area contributed by atoms with Crippen molar-refractivity contribution in [2.45, 2.75) is 81.3 Å². The molecule has 10 rings (SSSR count). The number of nitrogens with one attached hydrogen (secondary N) is 1. The fourth-order valence-electron chi connectivity index (χ4n) is 11.0. The Bertz CT molecular complexity index is 1870. The Hall–Kier alpha value is -4.33. The average Bonchev–Trinajstić information content (AvgIpc) is 3.45. The largest absolute Gasteiger partial charge is 0.479 e. The molecule has 1 spiro atoms. The molecule has 4 aliphatic carbocycles. The lowest BCUT2D eigenvalue weighted by Gasteiger charge is -2.59.